The number of benzene rings is 1. The van der Waals surface area contributed by atoms with Gasteiger partial charge in [0.25, 0.3) is 5.91 Å². The lowest BCUT2D eigenvalue weighted by Crippen LogP contribution is -2.33. The van der Waals surface area contributed by atoms with E-state index in [1.807, 2.05) is 42.7 Å². The van der Waals surface area contributed by atoms with Crippen LogP contribution in [0.5, 0.6) is 0 Å². The summed E-state index contributed by atoms with van der Waals surface area (Å²) in [4.78, 5) is 27.1. The van der Waals surface area contributed by atoms with Crippen molar-refractivity contribution in [2.75, 3.05) is 36.4 Å². The molecule has 6 rings (SSSR count). The average Bonchev–Trinajstić information content (AvgIpc) is 3.38. The van der Waals surface area contributed by atoms with Crippen molar-refractivity contribution in [3.05, 3.63) is 66.2 Å². The van der Waals surface area contributed by atoms with Crippen molar-refractivity contribution >= 4 is 28.3 Å². The molecule has 2 aliphatic heterocycles. The van der Waals surface area contributed by atoms with Gasteiger partial charge in [-0.05, 0) is 86.1 Å². The molecule has 38 heavy (non-hydrogen) atoms. The number of rotatable bonds is 6. The topological polar surface area (TPSA) is 90.0 Å². The summed E-state index contributed by atoms with van der Waals surface area (Å²) in [5.41, 5.74) is 5.12. The Kier molecular flexibility index (Phi) is 7.05. The lowest BCUT2D eigenvalue weighted by atomic mass is 9.99. The summed E-state index contributed by atoms with van der Waals surface area (Å²) in [7, 11) is 0. The number of likely N-dealkylation sites (tertiary alicyclic amines) is 1. The van der Waals surface area contributed by atoms with Gasteiger partial charge in [0.1, 0.15) is 5.82 Å². The van der Waals surface area contributed by atoms with Crippen molar-refractivity contribution in [1.29, 1.82) is 0 Å². The zero-order chi connectivity index (χ0) is 25.9. The Bertz CT molecular complexity index is 1400. The van der Waals surface area contributed by atoms with E-state index in [2.05, 4.69) is 48.3 Å². The van der Waals surface area contributed by atoms with Gasteiger partial charge >= 0.3 is 0 Å². The molecule has 0 spiro atoms. The van der Waals surface area contributed by atoms with Crippen molar-refractivity contribution in [3.63, 3.8) is 0 Å². The van der Waals surface area contributed by atoms with Gasteiger partial charge in [-0.3, -0.25) is 19.8 Å². The quantitative estimate of drug-likeness (QED) is 0.357. The molecule has 0 radical (unpaired) electrons. The maximum Gasteiger partial charge on any atom is 0.276 e. The van der Waals surface area contributed by atoms with Crippen LogP contribution in [0.1, 0.15) is 55.1 Å². The number of pyridine rings is 2. The van der Waals surface area contributed by atoms with Gasteiger partial charge in [-0.2, -0.15) is 5.10 Å². The number of anilines is 2. The zero-order valence-corrected chi connectivity index (χ0v) is 22.0. The third-order valence-electron chi connectivity index (χ3n) is 7.87. The molecule has 4 aromatic rings. The maximum absolute atomic E-state index is 13.2. The first-order chi connectivity index (χ1) is 18.6. The standard InChI is InChI=1S/C30H35N7O/c1-21-9-13-37(14-10-21)28-8-6-25(19-32-28)33-30(38)29-26-16-23(5-7-27(26)34-35-29)24-15-22(17-31-18-24)20-36-11-3-2-4-12-36/h5-8,15-19,21H,2-4,9-14,20H2,1H3,(H,33,38)(H,34,35). The molecule has 3 aromatic heterocycles. The highest BCUT2D eigenvalue weighted by Gasteiger charge is 2.19. The molecular formula is C30H35N7O. The van der Waals surface area contributed by atoms with E-state index in [1.54, 1.807) is 6.20 Å². The first-order valence-corrected chi connectivity index (χ1v) is 13.8. The Balaban J connectivity index is 1.17. The molecule has 1 aromatic carbocycles. The summed E-state index contributed by atoms with van der Waals surface area (Å²) < 4.78 is 0. The number of nitrogens with one attached hydrogen (secondary N) is 2. The lowest BCUT2D eigenvalue weighted by molar-refractivity contribution is 0.102. The third-order valence-corrected chi connectivity index (χ3v) is 7.87. The first kappa shape index (κ1) is 24.6. The van der Waals surface area contributed by atoms with Crippen LogP contribution < -0.4 is 10.2 Å². The highest BCUT2D eigenvalue weighted by Crippen LogP contribution is 2.27. The van der Waals surface area contributed by atoms with E-state index >= 15 is 0 Å². The van der Waals surface area contributed by atoms with E-state index in [0.717, 1.165) is 66.5 Å². The van der Waals surface area contributed by atoms with Gasteiger partial charge in [-0.25, -0.2) is 4.98 Å². The summed E-state index contributed by atoms with van der Waals surface area (Å²) >= 11 is 0. The first-order valence-electron chi connectivity index (χ1n) is 13.8. The Morgan fingerprint density at radius 1 is 0.974 bits per heavy atom. The van der Waals surface area contributed by atoms with Crippen molar-refractivity contribution in [2.24, 2.45) is 5.92 Å². The van der Waals surface area contributed by atoms with Gasteiger partial charge in [0.2, 0.25) is 0 Å². The van der Waals surface area contributed by atoms with Crippen LogP contribution in [0.15, 0.2) is 55.0 Å². The molecule has 2 aliphatic rings. The molecular weight excluding hydrogens is 474 g/mol. The minimum absolute atomic E-state index is 0.258. The average molecular weight is 510 g/mol. The summed E-state index contributed by atoms with van der Waals surface area (Å²) in [5, 5.41) is 11.1. The highest BCUT2D eigenvalue weighted by atomic mass is 16.1. The fourth-order valence-electron chi connectivity index (χ4n) is 5.55. The molecule has 5 heterocycles. The molecule has 0 atom stereocenters. The molecule has 0 bridgehead atoms. The molecule has 0 aliphatic carbocycles. The number of piperidine rings is 2. The Morgan fingerprint density at radius 3 is 2.61 bits per heavy atom. The molecule has 2 fully saturated rings. The lowest BCUT2D eigenvalue weighted by Gasteiger charge is -2.31. The van der Waals surface area contributed by atoms with Crippen LogP contribution in [0.25, 0.3) is 22.0 Å². The number of hydrogen-bond donors (Lipinski definition) is 2. The fraction of sp³-hybridized carbons (Fsp3) is 0.400. The van der Waals surface area contributed by atoms with E-state index in [-0.39, 0.29) is 5.91 Å². The van der Waals surface area contributed by atoms with E-state index < -0.39 is 0 Å². The second-order valence-electron chi connectivity index (χ2n) is 10.8. The van der Waals surface area contributed by atoms with Crippen LogP contribution >= 0.6 is 0 Å². The SMILES string of the molecule is CC1CCN(c2ccc(NC(=O)c3n[nH]c4ccc(-c5cncc(CN6CCCCC6)c5)cc34)cn2)CC1. The molecule has 8 nitrogen and oxygen atoms in total. The van der Waals surface area contributed by atoms with E-state index in [0.29, 0.717) is 11.4 Å². The number of nitrogens with zero attached hydrogens (tertiary/aromatic N) is 5. The van der Waals surface area contributed by atoms with E-state index in [9.17, 15) is 4.79 Å². The second-order valence-corrected chi connectivity index (χ2v) is 10.8. The van der Waals surface area contributed by atoms with Gasteiger partial charge in [-0.15, -0.1) is 0 Å². The van der Waals surface area contributed by atoms with Crippen LogP contribution in [0.3, 0.4) is 0 Å². The van der Waals surface area contributed by atoms with Crippen molar-refractivity contribution in [3.8, 4) is 11.1 Å². The number of carbonyl (C=O) groups excluding carboxylic acids is 1. The molecule has 2 saturated heterocycles. The van der Waals surface area contributed by atoms with Crippen molar-refractivity contribution < 1.29 is 4.79 Å². The van der Waals surface area contributed by atoms with E-state index in [1.165, 1.54) is 37.7 Å². The number of fused-ring (bicyclic) bond motifs is 1. The predicted molar refractivity (Wildman–Crippen MR) is 151 cm³/mol. The second kappa shape index (κ2) is 10.9. The smallest absolute Gasteiger partial charge is 0.276 e. The van der Waals surface area contributed by atoms with Crippen LogP contribution in [0, 0.1) is 5.92 Å². The predicted octanol–water partition coefficient (Wildman–Crippen LogP) is 5.49. The molecule has 196 valence electrons. The molecule has 8 heteroatoms. The maximum atomic E-state index is 13.2. The Morgan fingerprint density at radius 2 is 1.82 bits per heavy atom. The van der Waals surface area contributed by atoms with Gasteiger partial charge in [0.15, 0.2) is 5.69 Å². The Hall–Kier alpha value is -3.78. The normalized spacial score (nSPS) is 17.1. The van der Waals surface area contributed by atoms with Crippen LogP contribution in [-0.2, 0) is 6.54 Å². The monoisotopic (exact) mass is 509 g/mol. The van der Waals surface area contributed by atoms with Gasteiger partial charge < -0.3 is 10.2 Å². The van der Waals surface area contributed by atoms with Crippen LogP contribution in [0.2, 0.25) is 0 Å². The number of amides is 1. The number of H-pyrrole nitrogens is 1. The highest BCUT2D eigenvalue weighted by molar-refractivity contribution is 6.11. The zero-order valence-electron chi connectivity index (χ0n) is 22.0. The van der Waals surface area contributed by atoms with Gasteiger partial charge in [0.05, 0.1) is 17.4 Å². The number of aromatic nitrogens is 4. The van der Waals surface area contributed by atoms with E-state index in [4.69, 9.17) is 0 Å². The summed E-state index contributed by atoms with van der Waals surface area (Å²) in [5.74, 6) is 1.47. The molecule has 1 amide bonds. The number of hydrogen-bond acceptors (Lipinski definition) is 6. The van der Waals surface area contributed by atoms with Crippen LogP contribution in [-0.4, -0.2) is 57.2 Å². The number of aromatic amines is 1. The van der Waals surface area contributed by atoms with Crippen molar-refractivity contribution in [1.82, 2.24) is 25.1 Å². The molecule has 0 unspecified atom stereocenters. The fourth-order valence-corrected chi connectivity index (χ4v) is 5.55. The molecule has 2 N–H and O–H groups in total. The van der Waals surface area contributed by atoms with Gasteiger partial charge in [0, 0.05) is 43.0 Å². The molecule has 0 saturated carbocycles. The third kappa shape index (κ3) is 5.41. The summed E-state index contributed by atoms with van der Waals surface area (Å²) in [6, 6.07) is 12.1. The van der Waals surface area contributed by atoms with Crippen molar-refractivity contribution in [2.45, 2.75) is 45.6 Å². The minimum atomic E-state index is -0.258. The summed E-state index contributed by atoms with van der Waals surface area (Å²) in [6.45, 7) is 7.58. The Labute approximate surface area is 223 Å². The van der Waals surface area contributed by atoms with Crippen LogP contribution in [0.4, 0.5) is 11.5 Å². The largest absolute Gasteiger partial charge is 0.357 e. The number of carbonyl (C=O) groups is 1. The summed E-state index contributed by atoms with van der Waals surface area (Å²) in [6.07, 6.45) is 11.8. The minimum Gasteiger partial charge on any atom is -0.357 e. The van der Waals surface area contributed by atoms with Gasteiger partial charge in [-0.1, -0.05) is 19.4 Å².